The Morgan fingerprint density at radius 3 is 2.73 bits per heavy atom. The summed E-state index contributed by atoms with van der Waals surface area (Å²) in [4.78, 5) is 16.5. The summed E-state index contributed by atoms with van der Waals surface area (Å²) in [6, 6.07) is 17.1. The molecular weight excluding hydrogens is 416 g/mol. The molecule has 26 heavy (non-hydrogen) atoms. The van der Waals surface area contributed by atoms with Crippen molar-refractivity contribution in [1.29, 1.82) is 0 Å². The molecular formula is C19H12BrClN4O. The first-order valence-corrected chi connectivity index (χ1v) is 8.94. The minimum atomic E-state index is -0.258. The average molecular weight is 428 g/mol. The zero-order valence-electron chi connectivity index (χ0n) is 13.4. The molecule has 3 aromatic heterocycles. The summed E-state index contributed by atoms with van der Waals surface area (Å²) in [5.41, 5.74) is 3.83. The molecule has 7 heteroatoms. The number of carbonyl (C=O) groups excluding carboxylic acids is 1. The number of halogens is 2. The number of hydrogen-bond donors (Lipinski definition) is 1. The molecule has 0 bridgehead atoms. The maximum atomic E-state index is 12.6. The zero-order chi connectivity index (χ0) is 18.1. The fraction of sp³-hybridized carbons (Fsp3) is 0. The van der Waals surface area contributed by atoms with Gasteiger partial charge < -0.3 is 5.32 Å². The van der Waals surface area contributed by atoms with E-state index in [0.717, 1.165) is 16.8 Å². The average Bonchev–Trinajstić information content (AvgIpc) is 3.08. The van der Waals surface area contributed by atoms with Gasteiger partial charge in [-0.15, -0.1) is 0 Å². The van der Waals surface area contributed by atoms with Crippen molar-refractivity contribution in [2.24, 2.45) is 0 Å². The van der Waals surface area contributed by atoms with Crippen LogP contribution in [0.3, 0.4) is 0 Å². The predicted octanol–water partition coefficient (Wildman–Crippen LogP) is 5.06. The molecule has 1 amide bonds. The highest BCUT2D eigenvalue weighted by molar-refractivity contribution is 9.10. The summed E-state index contributed by atoms with van der Waals surface area (Å²) in [5, 5.41) is 7.68. The van der Waals surface area contributed by atoms with Crippen LogP contribution in [0.25, 0.3) is 16.8 Å². The van der Waals surface area contributed by atoms with Crippen LogP contribution in [0.4, 0.5) is 5.69 Å². The minimum Gasteiger partial charge on any atom is -0.321 e. The highest BCUT2D eigenvalue weighted by Gasteiger charge is 2.12. The van der Waals surface area contributed by atoms with Crippen molar-refractivity contribution in [3.8, 4) is 11.3 Å². The molecule has 128 valence electrons. The molecule has 0 aliphatic heterocycles. The number of pyridine rings is 2. The number of nitrogens with one attached hydrogen (secondary N) is 1. The van der Waals surface area contributed by atoms with Gasteiger partial charge in [-0.3, -0.25) is 4.79 Å². The SMILES string of the molecule is O=C(Nc1cc(Cl)ncc1Br)c1ccc2cc(-c3ccccc3)nn2c1. The van der Waals surface area contributed by atoms with E-state index in [1.165, 1.54) is 0 Å². The number of rotatable bonds is 3. The summed E-state index contributed by atoms with van der Waals surface area (Å²) < 4.78 is 2.35. The molecule has 4 rings (SSSR count). The van der Waals surface area contributed by atoms with Crippen molar-refractivity contribution in [3.05, 3.63) is 82.2 Å². The zero-order valence-corrected chi connectivity index (χ0v) is 15.7. The standard InChI is InChI=1S/C19H12BrClN4O/c20-15-10-22-18(21)9-17(15)23-19(26)13-6-7-14-8-16(24-25(14)11-13)12-4-2-1-3-5-12/h1-11H,(H,22,23,26). The lowest BCUT2D eigenvalue weighted by atomic mass is 10.1. The van der Waals surface area contributed by atoms with Crippen LogP contribution in [0.15, 0.2) is 71.5 Å². The Labute approximate surface area is 162 Å². The predicted molar refractivity (Wildman–Crippen MR) is 106 cm³/mol. The lowest BCUT2D eigenvalue weighted by molar-refractivity contribution is 0.102. The second kappa shape index (κ2) is 6.90. The monoisotopic (exact) mass is 426 g/mol. The van der Waals surface area contributed by atoms with E-state index >= 15 is 0 Å². The number of aromatic nitrogens is 3. The maximum absolute atomic E-state index is 12.6. The van der Waals surface area contributed by atoms with Gasteiger partial charge in [0.05, 0.1) is 26.9 Å². The van der Waals surface area contributed by atoms with Crippen LogP contribution in [0, 0.1) is 0 Å². The lowest BCUT2D eigenvalue weighted by Gasteiger charge is -2.07. The van der Waals surface area contributed by atoms with Crippen LogP contribution < -0.4 is 5.32 Å². The number of fused-ring (bicyclic) bond motifs is 1. The van der Waals surface area contributed by atoms with Crippen molar-refractivity contribution in [2.75, 3.05) is 5.32 Å². The van der Waals surface area contributed by atoms with E-state index in [4.69, 9.17) is 11.6 Å². The van der Waals surface area contributed by atoms with Crippen LogP contribution in [0.5, 0.6) is 0 Å². The number of amides is 1. The molecule has 1 aromatic carbocycles. The molecule has 3 heterocycles. The van der Waals surface area contributed by atoms with Gasteiger partial charge in [0.1, 0.15) is 5.15 Å². The topological polar surface area (TPSA) is 59.3 Å². The van der Waals surface area contributed by atoms with E-state index in [-0.39, 0.29) is 5.91 Å². The van der Waals surface area contributed by atoms with Crippen LogP contribution in [-0.2, 0) is 0 Å². The Hall–Kier alpha value is -2.70. The molecule has 0 atom stereocenters. The van der Waals surface area contributed by atoms with E-state index in [1.54, 1.807) is 29.0 Å². The van der Waals surface area contributed by atoms with E-state index in [1.807, 2.05) is 42.5 Å². The number of nitrogens with zero attached hydrogens (tertiary/aromatic N) is 3. The molecule has 0 aliphatic rings. The number of anilines is 1. The first-order chi connectivity index (χ1) is 12.6. The van der Waals surface area contributed by atoms with Gasteiger partial charge in [0, 0.05) is 24.0 Å². The molecule has 0 spiro atoms. The summed E-state index contributed by atoms with van der Waals surface area (Å²) in [7, 11) is 0. The van der Waals surface area contributed by atoms with Gasteiger partial charge in [-0.1, -0.05) is 41.9 Å². The van der Waals surface area contributed by atoms with Crippen LogP contribution >= 0.6 is 27.5 Å². The Morgan fingerprint density at radius 1 is 1.12 bits per heavy atom. The minimum absolute atomic E-state index is 0.258. The Bertz CT molecular complexity index is 1110. The van der Waals surface area contributed by atoms with Crippen molar-refractivity contribution in [1.82, 2.24) is 14.6 Å². The third kappa shape index (κ3) is 3.34. The van der Waals surface area contributed by atoms with Gasteiger partial charge in [0.15, 0.2) is 0 Å². The summed E-state index contributed by atoms with van der Waals surface area (Å²) in [5.74, 6) is -0.258. The second-order valence-corrected chi connectivity index (χ2v) is 6.87. The lowest BCUT2D eigenvalue weighted by Crippen LogP contribution is -2.13. The van der Waals surface area contributed by atoms with Gasteiger partial charge in [0.25, 0.3) is 5.91 Å². The van der Waals surface area contributed by atoms with Crippen molar-refractivity contribution in [3.63, 3.8) is 0 Å². The van der Waals surface area contributed by atoms with Crippen LogP contribution in [0.1, 0.15) is 10.4 Å². The summed E-state index contributed by atoms with van der Waals surface area (Å²) in [6.07, 6.45) is 3.24. The number of carbonyl (C=O) groups is 1. The summed E-state index contributed by atoms with van der Waals surface area (Å²) >= 11 is 9.24. The highest BCUT2D eigenvalue weighted by atomic mass is 79.9. The summed E-state index contributed by atoms with van der Waals surface area (Å²) in [6.45, 7) is 0. The Kier molecular flexibility index (Phi) is 4.44. The van der Waals surface area contributed by atoms with Gasteiger partial charge in [-0.05, 0) is 34.1 Å². The van der Waals surface area contributed by atoms with E-state index in [9.17, 15) is 4.79 Å². The molecule has 0 fully saturated rings. The second-order valence-electron chi connectivity index (χ2n) is 5.62. The molecule has 0 saturated carbocycles. The molecule has 0 radical (unpaired) electrons. The fourth-order valence-electron chi connectivity index (χ4n) is 2.57. The first-order valence-electron chi connectivity index (χ1n) is 7.77. The maximum Gasteiger partial charge on any atom is 0.257 e. The van der Waals surface area contributed by atoms with Crippen LogP contribution in [0.2, 0.25) is 5.15 Å². The van der Waals surface area contributed by atoms with Crippen molar-refractivity contribution < 1.29 is 4.79 Å². The largest absolute Gasteiger partial charge is 0.321 e. The fourth-order valence-corrected chi connectivity index (χ4v) is 3.05. The van der Waals surface area contributed by atoms with Gasteiger partial charge in [-0.2, -0.15) is 5.10 Å². The molecule has 5 nitrogen and oxygen atoms in total. The Morgan fingerprint density at radius 2 is 1.92 bits per heavy atom. The molecule has 1 N–H and O–H groups in total. The first kappa shape index (κ1) is 16.8. The number of benzene rings is 1. The normalized spacial score (nSPS) is 10.8. The molecule has 0 aliphatic carbocycles. The molecule has 4 aromatic rings. The van der Waals surface area contributed by atoms with Gasteiger partial charge in [0.2, 0.25) is 0 Å². The number of hydrogen-bond acceptors (Lipinski definition) is 3. The van der Waals surface area contributed by atoms with Gasteiger partial charge >= 0.3 is 0 Å². The third-order valence-corrected chi connectivity index (χ3v) is 4.70. The Balaban J connectivity index is 1.64. The van der Waals surface area contributed by atoms with E-state index in [0.29, 0.717) is 20.9 Å². The van der Waals surface area contributed by atoms with E-state index < -0.39 is 0 Å². The molecule has 0 unspecified atom stereocenters. The van der Waals surface area contributed by atoms with E-state index in [2.05, 4.69) is 31.3 Å². The molecule has 0 saturated heterocycles. The third-order valence-electron chi connectivity index (χ3n) is 3.86. The smallest absolute Gasteiger partial charge is 0.257 e. The quantitative estimate of drug-likeness (QED) is 0.465. The van der Waals surface area contributed by atoms with Gasteiger partial charge in [-0.25, -0.2) is 9.50 Å². The van der Waals surface area contributed by atoms with Crippen molar-refractivity contribution >= 4 is 44.6 Å². The highest BCUT2D eigenvalue weighted by Crippen LogP contribution is 2.25. The van der Waals surface area contributed by atoms with Crippen LogP contribution in [-0.4, -0.2) is 20.5 Å². The van der Waals surface area contributed by atoms with Crippen molar-refractivity contribution in [2.45, 2.75) is 0 Å².